The zero-order valence-electron chi connectivity index (χ0n) is 16.0. The zero-order valence-corrected chi connectivity index (χ0v) is 16.0. The Bertz CT molecular complexity index is 455. The van der Waals surface area contributed by atoms with Crippen LogP contribution in [0.1, 0.15) is 39.5 Å². The maximum absolute atomic E-state index is 10.3. The minimum atomic E-state index is -0.388. The van der Waals surface area contributed by atoms with Gasteiger partial charge in [0.2, 0.25) is 0 Å². The van der Waals surface area contributed by atoms with Crippen LogP contribution in [0, 0.1) is 17.3 Å². The van der Waals surface area contributed by atoms with Gasteiger partial charge in [0.1, 0.15) is 0 Å². The second-order valence-electron chi connectivity index (χ2n) is 8.96. The molecule has 3 atom stereocenters. The highest BCUT2D eigenvalue weighted by Crippen LogP contribution is 2.59. The lowest BCUT2D eigenvalue weighted by molar-refractivity contribution is -0.0272. The Labute approximate surface area is 147 Å². The number of aliphatic hydroxyl groups is 1. The van der Waals surface area contributed by atoms with Crippen LogP contribution in [0.4, 0.5) is 0 Å². The van der Waals surface area contributed by atoms with Crippen molar-refractivity contribution in [3.8, 4) is 0 Å². The Morgan fingerprint density at radius 2 is 2.08 bits per heavy atom. The molecule has 1 N–H and O–H groups in total. The third kappa shape index (κ3) is 3.87. The zero-order chi connectivity index (χ0) is 17.3. The first-order valence-corrected chi connectivity index (χ1v) is 9.71. The summed E-state index contributed by atoms with van der Waals surface area (Å²) in [6.07, 6.45) is 6.95. The van der Waals surface area contributed by atoms with E-state index in [4.69, 9.17) is 4.74 Å². The van der Waals surface area contributed by atoms with Crippen molar-refractivity contribution in [3.63, 3.8) is 0 Å². The average Bonchev–Trinajstić information content (AvgIpc) is 2.55. The molecule has 138 valence electrons. The van der Waals surface area contributed by atoms with Gasteiger partial charge < -0.3 is 19.6 Å². The number of aliphatic hydroxyl groups excluding tert-OH is 1. The van der Waals surface area contributed by atoms with Gasteiger partial charge in [-0.1, -0.05) is 19.9 Å². The quantitative estimate of drug-likeness (QED) is 0.724. The molecule has 1 saturated heterocycles. The van der Waals surface area contributed by atoms with Crippen LogP contribution in [0.25, 0.3) is 0 Å². The first-order valence-electron chi connectivity index (χ1n) is 9.71. The number of rotatable bonds is 7. The normalized spacial score (nSPS) is 31.7. The van der Waals surface area contributed by atoms with Crippen LogP contribution in [0.2, 0.25) is 0 Å². The Hall–Kier alpha value is -0.420. The number of nitrogens with zero attached hydrogens (tertiary/aromatic N) is 2. The Morgan fingerprint density at radius 3 is 2.71 bits per heavy atom. The summed E-state index contributed by atoms with van der Waals surface area (Å²) in [5.74, 6) is 1.58. The number of piperidine rings is 1. The van der Waals surface area contributed by atoms with Gasteiger partial charge in [0, 0.05) is 12.6 Å². The third-order valence-corrected chi connectivity index (χ3v) is 6.97. The molecule has 2 fully saturated rings. The molecule has 4 nitrogen and oxygen atoms in total. The minimum Gasteiger partial charge on any atom is -0.389 e. The van der Waals surface area contributed by atoms with E-state index in [9.17, 15) is 5.11 Å². The van der Waals surface area contributed by atoms with Crippen LogP contribution in [-0.2, 0) is 4.74 Å². The van der Waals surface area contributed by atoms with Gasteiger partial charge in [-0.25, -0.2) is 0 Å². The molecule has 4 aliphatic rings. The first kappa shape index (κ1) is 18.4. The Morgan fingerprint density at radius 1 is 1.38 bits per heavy atom. The Kier molecular flexibility index (Phi) is 5.70. The molecule has 2 bridgehead atoms. The predicted octanol–water partition coefficient (Wildman–Crippen LogP) is 2.38. The molecule has 0 radical (unpaired) electrons. The average molecular weight is 337 g/mol. The maximum Gasteiger partial charge on any atom is 0.0900 e. The molecule has 3 aliphatic carbocycles. The third-order valence-electron chi connectivity index (χ3n) is 6.97. The van der Waals surface area contributed by atoms with E-state index >= 15 is 0 Å². The smallest absolute Gasteiger partial charge is 0.0900 e. The number of fused-ring (bicyclic) bond motifs is 1. The summed E-state index contributed by atoms with van der Waals surface area (Å²) in [6.45, 7) is 8.97. The van der Waals surface area contributed by atoms with Gasteiger partial charge in [0.05, 0.1) is 19.3 Å². The summed E-state index contributed by atoms with van der Waals surface area (Å²) in [5, 5.41) is 10.3. The molecule has 0 aromatic heterocycles. The molecule has 1 saturated carbocycles. The monoisotopic (exact) mass is 336 g/mol. The maximum atomic E-state index is 10.3. The van der Waals surface area contributed by atoms with Crippen LogP contribution < -0.4 is 0 Å². The van der Waals surface area contributed by atoms with Crippen molar-refractivity contribution in [2.24, 2.45) is 17.3 Å². The summed E-state index contributed by atoms with van der Waals surface area (Å²) < 4.78 is 5.88. The summed E-state index contributed by atoms with van der Waals surface area (Å²) in [5.41, 5.74) is 1.93. The number of allylic oxidation sites excluding steroid dienone is 1. The fraction of sp³-hybridized carbons (Fsp3) is 0.900. The van der Waals surface area contributed by atoms with E-state index in [-0.39, 0.29) is 6.10 Å². The van der Waals surface area contributed by atoms with E-state index in [1.807, 2.05) is 0 Å². The summed E-state index contributed by atoms with van der Waals surface area (Å²) in [4.78, 5) is 4.70. The van der Waals surface area contributed by atoms with Crippen molar-refractivity contribution in [3.05, 3.63) is 11.6 Å². The molecule has 0 amide bonds. The highest BCUT2D eigenvalue weighted by atomic mass is 16.5. The number of likely N-dealkylation sites (tertiary alicyclic amines) is 1. The van der Waals surface area contributed by atoms with E-state index in [0.717, 1.165) is 19.0 Å². The van der Waals surface area contributed by atoms with Crippen LogP contribution >= 0.6 is 0 Å². The van der Waals surface area contributed by atoms with E-state index in [0.29, 0.717) is 37.1 Å². The summed E-state index contributed by atoms with van der Waals surface area (Å²) in [6, 6.07) is 0.601. The molecular formula is C20H36N2O2. The van der Waals surface area contributed by atoms with Crippen LogP contribution in [-0.4, -0.2) is 74.0 Å². The SMILES string of the molecule is CN1CCC(N(C)C[C@H](O)COCC2=CC[C@@H]3C[C@H]2C3(C)C)CC1. The lowest BCUT2D eigenvalue weighted by Crippen LogP contribution is -2.49. The van der Waals surface area contributed by atoms with E-state index < -0.39 is 0 Å². The standard InChI is InChI=1S/C20H36N2O2/c1-20(2)16-6-5-15(19(20)11-16)13-24-14-18(23)12-22(4)17-7-9-21(3)10-8-17/h5,16-19,23H,6-14H2,1-4H3/t16-,18+,19-/m1/s1. The van der Waals surface area contributed by atoms with E-state index in [1.54, 1.807) is 0 Å². The van der Waals surface area contributed by atoms with Crippen molar-refractivity contribution in [2.75, 3.05) is 46.9 Å². The largest absolute Gasteiger partial charge is 0.389 e. The van der Waals surface area contributed by atoms with E-state index in [1.165, 1.54) is 31.3 Å². The van der Waals surface area contributed by atoms with Gasteiger partial charge in [-0.3, -0.25) is 0 Å². The number of likely N-dealkylation sites (N-methyl/N-ethyl adjacent to an activating group) is 1. The van der Waals surface area contributed by atoms with Crippen molar-refractivity contribution in [1.29, 1.82) is 0 Å². The van der Waals surface area contributed by atoms with Crippen LogP contribution in [0.15, 0.2) is 11.6 Å². The van der Waals surface area contributed by atoms with Crippen molar-refractivity contribution < 1.29 is 9.84 Å². The molecule has 1 aliphatic heterocycles. The first-order chi connectivity index (χ1) is 11.4. The molecule has 0 aromatic rings. The topological polar surface area (TPSA) is 35.9 Å². The number of hydrogen-bond acceptors (Lipinski definition) is 4. The van der Waals surface area contributed by atoms with Gasteiger partial charge in [-0.15, -0.1) is 0 Å². The minimum absolute atomic E-state index is 0.388. The number of ether oxygens (including phenoxy) is 1. The second-order valence-corrected chi connectivity index (χ2v) is 8.96. The summed E-state index contributed by atoms with van der Waals surface area (Å²) in [7, 11) is 4.32. The molecule has 1 heterocycles. The van der Waals surface area contributed by atoms with Gasteiger partial charge in [0.15, 0.2) is 0 Å². The molecule has 0 spiro atoms. The van der Waals surface area contributed by atoms with Crippen molar-refractivity contribution in [1.82, 2.24) is 9.80 Å². The molecule has 24 heavy (non-hydrogen) atoms. The fourth-order valence-electron chi connectivity index (χ4n) is 4.92. The Balaban J connectivity index is 1.35. The van der Waals surface area contributed by atoms with Gasteiger partial charge in [0.25, 0.3) is 0 Å². The molecule has 0 aromatic carbocycles. The van der Waals surface area contributed by atoms with E-state index in [2.05, 4.69) is 43.8 Å². The van der Waals surface area contributed by atoms with Crippen LogP contribution in [0.5, 0.6) is 0 Å². The van der Waals surface area contributed by atoms with Crippen molar-refractivity contribution >= 4 is 0 Å². The van der Waals surface area contributed by atoms with Crippen molar-refractivity contribution in [2.45, 2.75) is 51.7 Å². The molecule has 0 unspecified atom stereocenters. The fourth-order valence-corrected chi connectivity index (χ4v) is 4.92. The van der Waals surface area contributed by atoms with Crippen LogP contribution in [0.3, 0.4) is 0 Å². The molecule has 4 heteroatoms. The van der Waals surface area contributed by atoms with Gasteiger partial charge >= 0.3 is 0 Å². The highest BCUT2D eigenvalue weighted by molar-refractivity contribution is 5.23. The molecular weight excluding hydrogens is 300 g/mol. The van der Waals surface area contributed by atoms with Gasteiger partial charge in [-0.2, -0.15) is 0 Å². The summed E-state index contributed by atoms with van der Waals surface area (Å²) >= 11 is 0. The molecule has 4 rings (SSSR count). The highest BCUT2D eigenvalue weighted by Gasteiger charge is 2.50. The lowest BCUT2D eigenvalue weighted by Gasteiger charge is -2.56. The predicted molar refractivity (Wildman–Crippen MR) is 98.1 cm³/mol. The number of hydrogen-bond donors (Lipinski definition) is 1. The lowest BCUT2D eigenvalue weighted by atomic mass is 9.49. The second kappa shape index (κ2) is 7.45. The van der Waals surface area contributed by atoms with Gasteiger partial charge in [-0.05, 0) is 75.7 Å².